The van der Waals surface area contributed by atoms with Gasteiger partial charge in [0.2, 0.25) is 0 Å². The number of rotatable bonds is 2. The first-order chi connectivity index (χ1) is 7.42. The smallest absolute Gasteiger partial charge is 0.137 e. The van der Waals surface area contributed by atoms with E-state index in [-0.39, 0.29) is 0 Å². The molecule has 4 nitrogen and oxygen atoms in total. The molecule has 0 atom stereocenters. The summed E-state index contributed by atoms with van der Waals surface area (Å²) in [5.74, 6) is 0. The minimum atomic E-state index is 0.765. The van der Waals surface area contributed by atoms with E-state index in [1.165, 1.54) is 10.9 Å². The lowest BCUT2D eigenvalue weighted by Gasteiger charge is -2.00. The Kier molecular flexibility index (Phi) is 1.78. The third-order valence-corrected chi connectivity index (χ3v) is 2.43. The highest BCUT2D eigenvalue weighted by molar-refractivity contribution is 5.79. The fourth-order valence-corrected chi connectivity index (χ4v) is 1.70. The second kappa shape index (κ2) is 3.24. The standard InChI is InChI=1S/C11H10N4/c1-2-11-10(3-4-13-11)5-9(1)6-15-8-12-7-14-15/h1-5,7-8,13H,6H2. The van der Waals surface area contributed by atoms with Gasteiger partial charge in [-0.05, 0) is 29.1 Å². The van der Waals surface area contributed by atoms with Gasteiger partial charge in [-0.2, -0.15) is 5.10 Å². The fourth-order valence-electron chi connectivity index (χ4n) is 1.70. The lowest BCUT2D eigenvalue weighted by molar-refractivity contribution is 0.685. The van der Waals surface area contributed by atoms with Crippen LogP contribution in [0.1, 0.15) is 5.56 Å². The zero-order valence-corrected chi connectivity index (χ0v) is 8.09. The zero-order valence-electron chi connectivity index (χ0n) is 8.09. The van der Waals surface area contributed by atoms with Crippen LogP contribution in [0.5, 0.6) is 0 Å². The summed E-state index contributed by atoms with van der Waals surface area (Å²) in [5.41, 5.74) is 2.39. The molecule has 0 unspecified atom stereocenters. The molecule has 0 bridgehead atoms. The lowest BCUT2D eigenvalue weighted by atomic mass is 10.1. The summed E-state index contributed by atoms with van der Waals surface area (Å²) in [4.78, 5) is 7.09. The highest BCUT2D eigenvalue weighted by Gasteiger charge is 1.98. The van der Waals surface area contributed by atoms with Crippen molar-refractivity contribution in [1.29, 1.82) is 0 Å². The van der Waals surface area contributed by atoms with Gasteiger partial charge in [-0.1, -0.05) is 6.07 Å². The first-order valence-corrected chi connectivity index (χ1v) is 4.80. The van der Waals surface area contributed by atoms with E-state index in [0.29, 0.717) is 0 Å². The predicted molar refractivity (Wildman–Crippen MR) is 57.4 cm³/mol. The number of aromatic nitrogens is 4. The van der Waals surface area contributed by atoms with E-state index in [1.54, 1.807) is 12.7 Å². The van der Waals surface area contributed by atoms with Gasteiger partial charge >= 0.3 is 0 Å². The number of nitrogens with zero attached hydrogens (tertiary/aromatic N) is 3. The molecule has 0 radical (unpaired) electrons. The maximum atomic E-state index is 4.08. The highest BCUT2D eigenvalue weighted by atomic mass is 15.3. The summed E-state index contributed by atoms with van der Waals surface area (Å²) in [7, 11) is 0. The number of aromatic amines is 1. The molecule has 2 heterocycles. The number of benzene rings is 1. The van der Waals surface area contributed by atoms with Crippen molar-refractivity contribution in [2.24, 2.45) is 0 Å². The summed E-state index contributed by atoms with van der Waals surface area (Å²) in [6.45, 7) is 0.765. The third kappa shape index (κ3) is 1.50. The lowest BCUT2D eigenvalue weighted by Crippen LogP contribution is -1.99. The number of nitrogens with one attached hydrogen (secondary N) is 1. The summed E-state index contributed by atoms with van der Waals surface area (Å²) in [6.07, 6.45) is 5.22. The van der Waals surface area contributed by atoms with E-state index < -0.39 is 0 Å². The fraction of sp³-hybridized carbons (Fsp3) is 0.0909. The predicted octanol–water partition coefficient (Wildman–Crippen LogP) is 1.81. The van der Waals surface area contributed by atoms with Gasteiger partial charge in [0.1, 0.15) is 12.7 Å². The molecule has 2 aromatic heterocycles. The maximum absolute atomic E-state index is 4.08. The Morgan fingerprint density at radius 2 is 2.27 bits per heavy atom. The van der Waals surface area contributed by atoms with Gasteiger partial charge in [0.05, 0.1) is 6.54 Å². The molecular formula is C11H10N4. The van der Waals surface area contributed by atoms with Gasteiger partial charge in [0.25, 0.3) is 0 Å². The van der Waals surface area contributed by atoms with Crippen LogP contribution < -0.4 is 0 Å². The monoisotopic (exact) mass is 198 g/mol. The van der Waals surface area contributed by atoms with Crippen LogP contribution in [-0.2, 0) is 6.54 Å². The first kappa shape index (κ1) is 8.23. The van der Waals surface area contributed by atoms with Crippen LogP contribution in [-0.4, -0.2) is 19.7 Å². The molecule has 0 aliphatic heterocycles. The van der Waals surface area contributed by atoms with Crippen molar-refractivity contribution < 1.29 is 0 Å². The van der Waals surface area contributed by atoms with E-state index in [9.17, 15) is 0 Å². The van der Waals surface area contributed by atoms with Gasteiger partial charge < -0.3 is 4.98 Å². The molecular weight excluding hydrogens is 188 g/mol. The highest BCUT2D eigenvalue weighted by Crippen LogP contribution is 2.14. The van der Waals surface area contributed by atoms with E-state index in [1.807, 2.05) is 10.9 Å². The van der Waals surface area contributed by atoms with Gasteiger partial charge in [-0.15, -0.1) is 0 Å². The van der Waals surface area contributed by atoms with Crippen LogP contribution >= 0.6 is 0 Å². The molecule has 0 amide bonds. The van der Waals surface area contributed by atoms with Gasteiger partial charge in [-0.3, -0.25) is 0 Å². The summed E-state index contributed by atoms with van der Waals surface area (Å²) >= 11 is 0. The molecule has 3 rings (SSSR count). The SMILES string of the molecule is c1ncn(Cc2ccc3[nH]ccc3c2)n1. The Balaban J connectivity index is 1.97. The Morgan fingerprint density at radius 1 is 1.27 bits per heavy atom. The Bertz CT molecular complexity index is 565. The average molecular weight is 198 g/mol. The average Bonchev–Trinajstić information content (AvgIpc) is 2.87. The van der Waals surface area contributed by atoms with Crippen molar-refractivity contribution in [2.75, 3.05) is 0 Å². The number of hydrogen-bond acceptors (Lipinski definition) is 2. The summed E-state index contributed by atoms with van der Waals surface area (Å²) in [5, 5.41) is 5.31. The van der Waals surface area contributed by atoms with Crippen LogP contribution in [0.15, 0.2) is 43.1 Å². The van der Waals surface area contributed by atoms with E-state index >= 15 is 0 Å². The maximum Gasteiger partial charge on any atom is 0.137 e. The van der Waals surface area contributed by atoms with E-state index in [4.69, 9.17) is 0 Å². The quantitative estimate of drug-likeness (QED) is 0.682. The van der Waals surface area contributed by atoms with Crippen molar-refractivity contribution in [3.63, 3.8) is 0 Å². The minimum Gasteiger partial charge on any atom is -0.361 e. The molecule has 0 saturated heterocycles. The molecule has 1 N–H and O–H groups in total. The first-order valence-electron chi connectivity index (χ1n) is 4.80. The van der Waals surface area contributed by atoms with Crippen molar-refractivity contribution in [3.8, 4) is 0 Å². The molecule has 3 aromatic rings. The molecule has 0 spiro atoms. The molecule has 1 aromatic carbocycles. The second-order valence-electron chi connectivity index (χ2n) is 3.49. The molecule has 0 saturated carbocycles. The second-order valence-corrected chi connectivity index (χ2v) is 3.49. The van der Waals surface area contributed by atoms with E-state index in [0.717, 1.165) is 12.1 Å². The third-order valence-electron chi connectivity index (χ3n) is 2.43. The topological polar surface area (TPSA) is 46.5 Å². The Morgan fingerprint density at radius 3 is 3.13 bits per heavy atom. The van der Waals surface area contributed by atoms with Crippen LogP contribution in [0.3, 0.4) is 0 Å². The van der Waals surface area contributed by atoms with E-state index in [2.05, 4.69) is 39.3 Å². The van der Waals surface area contributed by atoms with Gasteiger partial charge in [-0.25, -0.2) is 9.67 Å². The molecule has 0 aliphatic rings. The number of H-pyrrole nitrogens is 1. The largest absolute Gasteiger partial charge is 0.361 e. The molecule has 0 fully saturated rings. The van der Waals surface area contributed by atoms with Crippen molar-refractivity contribution in [3.05, 3.63) is 48.7 Å². The Labute approximate surface area is 86.6 Å². The van der Waals surface area contributed by atoms with Crippen LogP contribution in [0.4, 0.5) is 0 Å². The minimum absolute atomic E-state index is 0.765. The molecule has 0 aliphatic carbocycles. The Hall–Kier alpha value is -2.10. The van der Waals surface area contributed by atoms with Crippen LogP contribution in [0.25, 0.3) is 10.9 Å². The zero-order chi connectivity index (χ0) is 10.1. The van der Waals surface area contributed by atoms with Crippen molar-refractivity contribution >= 4 is 10.9 Å². The number of fused-ring (bicyclic) bond motifs is 1. The van der Waals surface area contributed by atoms with Crippen LogP contribution in [0, 0.1) is 0 Å². The van der Waals surface area contributed by atoms with Crippen molar-refractivity contribution in [2.45, 2.75) is 6.54 Å². The molecule has 4 heteroatoms. The van der Waals surface area contributed by atoms with Gasteiger partial charge in [0.15, 0.2) is 0 Å². The molecule has 15 heavy (non-hydrogen) atoms. The van der Waals surface area contributed by atoms with Crippen LogP contribution in [0.2, 0.25) is 0 Å². The number of hydrogen-bond donors (Lipinski definition) is 1. The van der Waals surface area contributed by atoms with Crippen molar-refractivity contribution in [1.82, 2.24) is 19.7 Å². The summed E-state index contributed by atoms with van der Waals surface area (Å²) < 4.78 is 1.81. The normalized spacial score (nSPS) is 10.9. The van der Waals surface area contributed by atoms with Gasteiger partial charge in [0, 0.05) is 11.7 Å². The summed E-state index contributed by atoms with van der Waals surface area (Å²) in [6, 6.07) is 8.41. The molecule has 74 valence electrons.